The molecule has 3 aromatic carbocycles. The summed E-state index contributed by atoms with van der Waals surface area (Å²) in [4.78, 5) is 18.1. The van der Waals surface area contributed by atoms with E-state index >= 15 is 0 Å². The fourth-order valence-corrected chi connectivity index (χ4v) is 3.71. The van der Waals surface area contributed by atoms with E-state index in [2.05, 4.69) is 21.2 Å². The Kier molecular flexibility index (Phi) is 5.16. The Morgan fingerprint density at radius 2 is 1.71 bits per heavy atom. The molecular weight excluding hydrogens is 436 g/mol. The van der Waals surface area contributed by atoms with Crippen molar-refractivity contribution in [3.63, 3.8) is 0 Å². The number of pyridine rings is 1. The summed E-state index contributed by atoms with van der Waals surface area (Å²) in [7, 11) is 0. The maximum atomic E-state index is 13.2. The van der Waals surface area contributed by atoms with Crippen molar-refractivity contribution in [2.45, 2.75) is 6.92 Å². The highest BCUT2D eigenvalue weighted by molar-refractivity contribution is 9.10. The zero-order valence-electron chi connectivity index (χ0n) is 15.0. The molecule has 0 atom stereocenters. The summed E-state index contributed by atoms with van der Waals surface area (Å²) in [6.07, 6.45) is 0. The van der Waals surface area contributed by atoms with Crippen LogP contribution in [0.2, 0.25) is 5.02 Å². The molecule has 4 aromatic rings. The average molecular weight is 452 g/mol. The van der Waals surface area contributed by atoms with Crippen LogP contribution in [-0.2, 0) is 0 Å². The monoisotopic (exact) mass is 450 g/mol. The van der Waals surface area contributed by atoms with Crippen molar-refractivity contribution in [3.8, 4) is 11.3 Å². The summed E-state index contributed by atoms with van der Waals surface area (Å²) in [5.74, 6) is -0.178. The van der Waals surface area contributed by atoms with E-state index in [0.29, 0.717) is 16.3 Å². The largest absolute Gasteiger partial charge is 0.322 e. The number of nitrogens with one attached hydrogen (secondary N) is 1. The van der Waals surface area contributed by atoms with Gasteiger partial charge in [0.25, 0.3) is 5.91 Å². The summed E-state index contributed by atoms with van der Waals surface area (Å²) < 4.78 is 0.897. The van der Waals surface area contributed by atoms with E-state index in [-0.39, 0.29) is 5.91 Å². The van der Waals surface area contributed by atoms with E-state index in [1.54, 1.807) is 24.3 Å². The lowest BCUT2D eigenvalue weighted by atomic mass is 9.97. The van der Waals surface area contributed by atoms with Crippen LogP contribution in [0.4, 0.5) is 5.69 Å². The second-order valence-corrected chi connectivity index (χ2v) is 7.80. The molecule has 4 rings (SSSR count). The van der Waals surface area contributed by atoms with E-state index in [1.165, 1.54) is 0 Å². The van der Waals surface area contributed by atoms with Crippen LogP contribution in [0.25, 0.3) is 22.2 Å². The van der Waals surface area contributed by atoms with E-state index < -0.39 is 0 Å². The number of benzene rings is 3. The van der Waals surface area contributed by atoms with E-state index in [1.807, 2.05) is 55.5 Å². The third-order valence-corrected chi connectivity index (χ3v) is 5.31. The molecule has 1 heterocycles. The smallest absolute Gasteiger partial charge is 0.256 e. The van der Waals surface area contributed by atoms with Crippen LogP contribution in [-0.4, -0.2) is 10.9 Å². The lowest BCUT2D eigenvalue weighted by Gasteiger charge is -2.15. The number of hydrogen-bond donors (Lipinski definition) is 1. The van der Waals surface area contributed by atoms with Crippen molar-refractivity contribution in [2.75, 3.05) is 5.32 Å². The summed E-state index contributed by atoms with van der Waals surface area (Å²) in [6, 6.07) is 22.8. The number of carbonyl (C=O) groups excluding carboxylic acids is 1. The standard InChI is InChI=1S/C23H16BrClN2O/c1-14-21(23(28)26-18-10-8-17(25)9-11-18)19-13-16(24)7-12-20(19)27-22(14)15-5-3-2-4-6-15/h2-13H,1H3,(H,26,28). The zero-order chi connectivity index (χ0) is 19.7. The van der Waals surface area contributed by atoms with Gasteiger partial charge in [0.15, 0.2) is 0 Å². The molecule has 0 saturated heterocycles. The minimum Gasteiger partial charge on any atom is -0.322 e. The first-order valence-electron chi connectivity index (χ1n) is 8.75. The van der Waals surface area contributed by atoms with Crippen LogP contribution in [0.5, 0.6) is 0 Å². The van der Waals surface area contributed by atoms with Crippen molar-refractivity contribution >= 4 is 50.0 Å². The SMILES string of the molecule is Cc1c(-c2ccccc2)nc2ccc(Br)cc2c1C(=O)Nc1ccc(Cl)cc1. The predicted octanol–water partition coefficient (Wildman–Crippen LogP) is 6.88. The number of amides is 1. The van der Waals surface area contributed by atoms with E-state index in [0.717, 1.165) is 32.2 Å². The van der Waals surface area contributed by atoms with Gasteiger partial charge in [-0.05, 0) is 55.0 Å². The molecule has 3 nitrogen and oxygen atoms in total. The van der Waals surface area contributed by atoms with Crippen LogP contribution in [0.1, 0.15) is 15.9 Å². The summed E-state index contributed by atoms with van der Waals surface area (Å²) in [5, 5.41) is 4.40. The quantitative estimate of drug-likeness (QED) is 0.369. The molecule has 0 spiro atoms. The third-order valence-electron chi connectivity index (χ3n) is 4.57. The Morgan fingerprint density at radius 1 is 1.00 bits per heavy atom. The lowest BCUT2D eigenvalue weighted by Crippen LogP contribution is -2.15. The normalized spacial score (nSPS) is 10.8. The summed E-state index contributed by atoms with van der Waals surface area (Å²) in [5.41, 5.74) is 4.69. The Hall–Kier alpha value is -2.69. The van der Waals surface area contributed by atoms with Gasteiger partial charge in [-0.3, -0.25) is 4.79 Å². The number of halogens is 2. The van der Waals surface area contributed by atoms with Crippen molar-refractivity contribution in [2.24, 2.45) is 0 Å². The van der Waals surface area contributed by atoms with Crippen molar-refractivity contribution < 1.29 is 4.79 Å². The van der Waals surface area contributed by atoms with Gasteiger partial charge in [-0.1, -0.05) is 57.9 Å². The number of carbonyl (C=O) groups is 1. The molecular formula is C23H16BrClN2O. The molecule has 0 radical (unpaired) electrons. The molecule has 28 heavy (non-hydrogen) atoms. The first-order chi connectivity index (χ1) is 13.5. The number of anilines is 1. The molecule has 0 aliphatic rings. The Morgan fingerprint density at radius 3 is 2.43 bits per heavy atom. The summed E-state index contributed by atoms with van der Waals surface area (Å²) in [6.45, 7) is 1.94. The Bertz CT molecular complexity index is 1170. The maximum absolute atomic E-state index is 13.2. The van der Waals surface area contributed by atoms with Gasteiger partial charge in [-0.25, -0.2) is 4.98 Å². The molecule has 0 unspecified atom stereocenters. The number of aromatic nitrogens is 1. The molecule has 1 N–H and O–H groups in total. The Balaban J connectivity index is 1.89. The van der Waals surface area contributed by atoms with E-state index in [4.69, 9.17) is 16.6 Å². The molecule has 5 heteroatoms. The first-order valence-corrected chi connectivity index (χ1v) is 9.92. The second-order valence-electron chi connectivity index (χ2n) is 6.45. The fourth-order valence-electron chi connectivity index (χ4n) is 3.23. The van der Waals surface area contributed by atoms with Crippen LogP contribution < -0.4 is 5.32 Å². The molecule has 0 bridgehead atoms. The van der Waals surface area contributed by atoms with Crippen LogP contribution in [0, 0.1) is 6.92 Å². The minimum absolute atomic E-state index is 0.178. The highest BCUT2D eigenvalue weighted by Gasteiger charge is 2.19. The van der Waals surface area contributed by atoms with Crippen molar-refractivity contribution in [1.29, 1.82) is 0 Å². The number of nitrogens with zero attached hydrogens (tertiary/aromatic N) is 1. The fraction of sp³-hybridized carbons (Fsp3) is 0.0435. The van der Waals surface area contributed by atoms with Crippen LogP contribution in [0.15, 0.2) is 77.3 Å². The number of fused-ring (bicyclic) bond motifs is 1. The van der Waals surface area contributed by atoms with Gasteiger partial charge in [0, 0.05) is 26.1 Å². The highest BCUT2D eigenvalue weighted by atomic mass is 79.9. The molecule has 0 aliphatic heterocycles. The van der Waals surface area contributed by atoms with Gasteiger partial charge in [-0.2, -0.15) is 0 Å². The van der Waals surface area contributed by atoms with Gasteiger partial charge in [0.2, 0.25) is 0 Å². The van der Waals surface area contributed by atoms with E-state index in [9.17, 15) is 4.79 Å². The molecule has 0 saturated carbocycles. The second kappa shape index (κ2) is 7.74. The van der Waals surface area contributed by atoms with Crippen molar-refractivity contribution in [3.05, 3.63) is 93.4 Å². The Labute approximate surface area is 176 Å². The number of hydrogen-bond acceptors (Lipinski definition) is 2. The van der Waals surface area contributed by atoms with Crippen molar-refractivity contribution in [1.82, 2.24) is 4.98 Å². The number of rotatable bonds is 3. The lowest BCUT2D eigenvalue weighted by molar-refractivity contribution is 0.102. The van der Waals surface area contributed by atoms with Gasteiger partial charge >= 0.3 is 0 Å². The summed E-state index contributed by atoms with van der Waals surface area (Å²) >= 11 is 9.45. The molecule has 0 aliphatic carbocycles. The van der Waals surface area contributed by atoms with Gasteiger partial charge in [0.05, 0.1) is 16.8 Å². The average Bonchev–Trinajstić information content (AvgIpc) is 2.70. The first kappa shape index (κ1) is 18.7. The van der Waals surface area contributed by atoms with Gasteiger partial charge in [0.1, 0.15) is 0 Å². The van der Waals surface area contributed by atoms with Crippen LogP contribution >= 0.6 is 27.5 Å². The molecule has 138 valence electrons. The molecule has 1 amide bonds. The predicted molar refractivity (Wildman–Crippen MR) is 119 cm³/mol. The van der Waals surface area contributed by atoms with Gasteiger partial charge in [-0.15, -0.1) is 0 Å². The molecule has 0 fully saturated rings. The van der Waals surface area contributed by atoms with Crippen LogP contribution in [0.3, 0.4) is 0 Å². The molecule has 1 aromatic heterocycles. The minimum atomic E-state index is -0.178. The highest BCUT2D eigenvalue weighted by Crippen LogP contribution is 2.31. The zero-order valence-corrected chi connectivity index (χ0v) is 17.4. The van der Waals surface area contributed by atoms with Gasteiger partial charge < -0.3 is 5.32 Å². The topological polar surface area (TPSA) is 42.0 Å². The third kappa shape index (κ3) is 3.66. The maximum Gasteiger partial charge on any atom is 0.256 e.